The molecule has 112 valence electrons. The predicted octanol–water partition coefficient (Wildman–Crippen LogP) is 3.96. The van der Waals surface area contributed by atoms with Crippen molar-refractivity contribution in [1.29, 1.82) is 0 Å². The summed E-state index contributed by atoms with van der Waals surface area (Å²) in [6.45, 7) is 1.93. The largest absolute Gasteiger partial charge is 0.496 e. The maximum atomic E-state index is 13.6. The standard InChI is InChI=1S/C16H16F3NO/c1-10(13-8-12(17)6-7-15(13)21-2)20-9-11-4-3-5-14(18)16(11)19/h3-8,10,20H,9H2,1-2H3. The highest BCUT2D eigenvalue weighted by atomic mass is 19.2. The highest BCUT2D eigenvalue weighted by Gasteiger charge is 2.14. The number of methoxy groups -OCH3 is 1. The van der Waals surface area contributed by atoms with E-state index in [1.165, 1.54) is 37.4 Å². The lowest BCUT2D eigenvalue weighted by atomic mass is 10.1. The summed E-state index contributed by atoms with van der Waals surface area (Å²) >= 11 is 0. The van der Waals surface area contributed by atoms with Gasteiger partial charge in [0.05, 0.1) is 7.11 Å². The summed E-state index contributed by atoms with van der Waals surface area (Å²) in [6.07, 6.45) is 0. The van der Waals surface area contributed by atoms with Crippen LogP contribution in [0.2, 0.25) is 0 Å². The quantitative estimate of drug-likeness (QED) is 0.901. The Labute approximate surface area is 121 Å². The van der Waals surface area contributed by atoms with Crippen molar-refractivity contribution in [3.63, 3.8) is 0 Å². The summed E-state index contributed by atoms with van der Waals surface area (Å²) in [5.74, 6) is -1.60. The Morgan fingerprint density at radius 1 is 1.14 bits per heavy atom. The first-order valence-corrected chi connectivity index (χ1v) is 6.52. The number of hydrogen-bond donors (Lipinski definition) is 1. The number of halogens is 3. The first-order chi connectivity index (χ1) is 10.0. The summed E-state index contributed by atoms with van der Waals surface area (Å²) in [4.78, 5) is 0. The van der Waals surface area contributed by atoms with Crippen LogP contribution in [-0.2, 0) is 6.54 Å². The molecule has 0 saturated carbocycles. The van der Waals surface area contributed by atoms with Gasteiger partial charge in [-0.15, -0.1) is 0 Å². The molecular weight excluding hydrogens is 279 g/mol. The summed E-state index contributed by atoms with van der Waals surface area (Å²) < 4.78 is 45.2. The molecule has 0 aromatic heterocycles. The van der Waals surface area contributed by atoms with Crippen molar-refractivity contribution in [2.75, 3.05) is 7.11 Å². The van der Waals surface area contributed by atoms with Crippen LogP contribution < -0.4 is 10.1 Å². The second-order valence-corrected chi connectivity index (χ2v) is 4.70. The molecule has 0 fully saturated rings. The fourth-order valence-electron chi connectivity index (χ4n) is 2.10. The summed E-state index contributed by atoms with van der Waals surface area (Å²) in [6, 6.07) is 7.94. The summed E-state index contributed by atoms with van der Waals surface area (Å²) in [5, 5.41) is 3.03. The average molecular weight is 295 g/mol. The molecule has 0 heterocycles. The molecule has 0 saturated heterocycles. The van der Waals surface area contributed by atoms with Gasteiger partial charge in [0, 0.05) is 23.7 Å². The Morgan fingerprint density at radius 2 is 1.90 bits per heavy atom. The van der Waals surface area contributed by atoms with Gasteiger partial charge in [-0.1, -0.05) is 12.1 Å². The average Bonchev–Trinajstić information content (AvgIpc) is 2.48. The van der Waals surface area contributed by atoms with Crippen LogP contribution in [0, 0.1) is 17.5 Å². The highest BCUT2D eigenvalue weighted by molar-refractivity contribution is 5.36. The molecule has 1 unspecified atom stereocenters. The van der Waals surface area contributed by atoms with E-state index in [4.69, 9.17) is 4.74 Å². The number of benzene rings is 2. The zero-order chi connectivity index (χ0) is 15.4. The van der Waals surface area contributed by atoms with Crippen molar-refractivity contribution in [3.8, 4) is 5.75 Å². The van der Waals surface area contributed by atoms with Gasteiger partial charge in [-0.2, -0.15) is 0 Å². The van der Waals surface area contributed by atoms with E-state index in [2.05, 4.69) is 5.32 Å². The van der Waals surface area contributed by atoms with E-state index < -0.39 is 11.6 Å². The minimum Gasteiger partial charge on any atom is -0.496 e. The lowest BCUT2D eigenvalue weighted by molar-refractivity contribution is 0.399. The van der Waals surface area contributed by atoms with Crippen LogP contribution >= 0.6 is 0 Å². The van der Waals surface area contributed by atoms with Crippen LogP contribution in [0.15, 0.2) is 36.4 Å². The van der Waals surface area contributed by atoms with Gasteiger partial charge in [-0.3, -0.25) is 0 Å². The Balaban J connectivity index is 2.13. The third kappa shape index (κ3) is 3.55. The predicted molar refractivity (Wildman–Crippen MR) is 74.6 cm³/mol. The number of ether oxygens (including phenoxy) is 1. The van der Waals surface area contributed by atoms with Crippen LogP contribution in [0.1, 0.15) is 24.1 Å². The first-order valence-electron chi connectivity index (χ1n) is 6.52. The molecule has 0 amide bonds. The van der Waals surface area contributed by atoms with Gasteiger partial charge < -0.3 is 10.1 Å². The molecule has 0 aliphatic heterocycles. The van der Waals surface area contributed by atoms with E-state index in [0.29, 0.717) is 11.3 Å². The fraction of sp³-hybridized carbons (Fsp3) is 0.250. The van der Waals surface area contributed by atoms with Gasteiger partial charge in [0.25, 0.3) is 0 Å². The van der Waals surface area contributed by atoms with E-state index in [1.807, 2.05) is 0 Å². The van der Waals surface area contributed by atoms with Crippen molar-refractivity contribution in [3.05, 3.63) is 65.0 Å². The van der Waals surface area contributed by atoms with Gasteiger partial charge >= 0.3 is 0 Å². The Hall–Kier alpha value is -2.01. The van der Waals surface area contributed by atoms with Gasteiger partial charge in [-0.25, -0.2) is 13.2 Å². The number of hydrogen-bond acceptors (Lipinski definition) is 2. The molecule has 0 aliphatic rings. The molecule has 0 radical (unpaired) electrons. The molecule has 2 nitrogen and oxygen atoms in total. The molecule has 2 rings (SSSR count). The van der Waals surface area contributed by atoms with Crippen LogP contribution in [0.25, 0.3) is 0 Å². The summed E-state index contributed by atoms with van der Waals surface area (Å²) in [5.41, 5.74) is 0.839. The van der Waals surface area contributed by atoms with Gasteiger partial charge in [0.2, 0.25) is 0 Å². The molecule has 21 heavy (non-hydrogen) atoms. The molecule has 5 heteroatoms. The lowest BCUT2D eigenvalue weighted by Crippen LogP contribution is -2.19. The summed E-state index contributed by atoms with van der Waals surface area (Å²) in [7, 11) is 1.50. The Morgan fingerprint density at radius 3 is 2.62 bits per heavy atom. The molecule has 0 spiro atoms. The van der Waals surface area contributed by atoms with Gasteiger partial charge in [-0.05, 0) is 31.2 Å². The maximum Gasteiger partial charge on any atom is 0.163 e. The van der Waals surface area contributed by atoms with Crippen LogP contribution in [0.4, 0.5) is 13.2 Å². The van der Waals surface area contributed by atoms with E-state index in [-0.39, 0.29) is 24.0 Å². The van der Waals surface area contributed by atoms with Crippen molar-refractivity contribution in [1.82, 2.24) is 5.32 Å². The number of nitrogens with one attached hydrogen (secondary N) is 1. The molecule has 1 atom stereocenters. The van der Waals surface area contributed by atoms with Crippen molar-refractivity contribution in [2.45, 2.75) is 19.5 Å². The van der Waals surface area contributed by atoms with E-state index in [0.717, 1.165) is 6.07 Å². The SMILES string of the molecule is COc1ccc(F)cc1C(C)NCc1cccc(F)c1F. The fourth-order valence-corrected chi connectivity index (χ4v) is 2.10. The van der Waals surface area contributed by atoms with Crippen molar-refractivity contribution >= 4 is 0 Å². The van der Waals surface area contributed by atoms with Gasteiger partial charge in [0.15, 0.2) is 11.6 Å². The van der Waals surface area contributed by atoms with Crippen molar-refractivity contribution in [2.24, 2.45) is 0 Å². The van der Waals surface area contributed by atoms with Crippen LogP contribution in [-0.4, -0.2) is 7.11 Å². The first kappa shape index (κ1) is 15.4. The lowest BCUT2D eigenvalue weighted by Gasteiger charge is -2.17. The molecule has 2 aromatic rings. The van der Waals surface area contributed by atoms with Crippen LogP contribution in [0.5, 0.6) is 5.75 Å². The number of rotatable bonds is 5. The smallest absolute Gasteiger partial charge is 0.163 e. The second kappa shape index (κ2) is 6.63. The maximum absolute atomic E-state index is 13.6. The zero-order valence-electron chi connectivity index (χ0n) is 11.8. The normalized spacial score (nSPS) is 12.2. The molecule has 0 aliphatic carbocycles. The third-order valence-electron chi connectivity index (χ3n) is 3.29. The van der Waals surface area contributed by atoms with Crippen LogP contribution in [0.3, 0.4) is 0 Å². The Bertz CT molecular complexity index is 631. The van der Waals surface area contributed by atoms with E-state index in [9.17, 15) is 13.2 Å². The van der Waals surface area contributed by atoms with E-state index >= 15 is 0 Å². The molecule has 0 bridgehead atoms. The van der Waals surface area contributed by atoms with Gasteiger partial charge in [0.1, 0.15) is 11.6 Å². The highest BCUT2D eigenvalue weighted by Crippen LogP contribution is 2.26. The minimum absolute atomic E-state index is 0.129. The second-order valence-electron chi connectivity index (χ2n) is 4.70. The topological polar surface area (TPSA) is 21.3 Å². The molecule has 1 N–H and O–H groups in total. The molecule has 2 aromatic carbocycles. The van der Waals surface area contributed by atoms with Crippen molar-refractivity contribution < 1.29 is 17.9 Å². The monoisotopic (exact) mass is 295 g/mol. The molecular formula is C16H16F3NO. The third-order valence-corrected chi connectivity index (χ3v) is 3.29. The minimum atomic E-state index is -0.884. The Kier molecular flexibility index (Phi) is 4.85. The zero-order valence-corrected chi connectivity index (χ0v) is 11.8. The van der Waals surface area contributed by atoms with E-state index in [1.54, 1.807) is 6.92 Å².